The number of aryl methyl sites for hydroxylation is 1. The number of carbonyl (C=O) groups excluding carboxylic acids is 2. The number of nitrogens with zero attached hydrogens (tertiary/aromatic N) is 1. The average molecular weight is 633 g/mol. The molecule has 8 heteroatoms. The van der Waals surface area contributed by atoms with E-state index in [1.165, 1.54) is 0 Å². The number of rotatable bonds is 16. The molecule has 0 amide bonds. The molecule has 3 aromatic rings. The lowest BCUT2D eigenvalue weighted by Crippen LogP contribution is -2.39. The highest BCUT2D eigenvalue weighted by atomic mass is 32.2. The molecule has 7 nitrogen and oxygen atoms in total. The van der Waals surface area contributed by atoms with Gasteiger partial charge in [-0.1, -0.05) is 83.2 Å². The van der Waals surface area contributed by atoms with E-state index in [1.54, 1.807) is 38.1 Å². The van der Waals surface area contributed by atoms with Gasteiger partial charge in [-0.2, -0.15) is 0 Å². The topological polar surface area (TPSA) is 91.1 Å². The summed E-state index contributed by atoms with van der Waals surface area (Å²) in [7, 11) is -4.08. The summed E-state index contributed by atoms with van der Waals surface area (Å²) in [4.78, 5) is 29.0. The van der Waals surface area contributed by atoms with Crippen LogP contribution in [0.25, 0.3) is 4.85 Å². The fourth-order valence-corrected chi connectivity index (χ4v) is 7.78. The Kier molecular flexibility index (Phi) is 12.1. The number of hydrogen-bond donors (Lipinski definition) is 0. The maximum absolute atomic E-state index is 14.4. The molecule has 240 valence electrons. The predicted molar refractivity (Wildman–Crippen MR) is 178 cm³/mol. The van der Waals surface area contributed by atoms with E-state index >= 15 is 0 Å². The van der Waals surface area contributed by atoms with Gasteiger partial charge in [-0.25, -0.2) is 8.42 Å². The summed E-state index contributed by atoms with van der Waals surface area (Å²) < 4.78 is 39.6. The van der Waals surface area contributed by atoms with Crippen LogP contribution in [0.4, 0.5) is 0 Å². The molecule has 0 fully saturated rings. The molecule has 0 N–H and O–H groups in total. The molecule has 3 aromatic carbocycles. The molecule has 3 rings (SSSR count). The van der Waals surface area contributed by atoms with Gasteiger partial charge >= 0.3 is 16.8 Å². The Morgan fingerprint density at radius 2 is 1.09 bits per heavy atom. The van der Waals surface area contributed by atoms with Crippen molar-refractivity contribution in [3.63, 3.8) is 0 Å². The van der Waals surface area contributed by atoms with Gasteiger partial charge in [-0.15, -0.1) is 0 Å². The summed E-state index contributed by atoms with van der Waals surface area (Å²) in [6.07, 6.45) is 1.43. The normalized spacial score (nSPS) is 15.5. The molecule has 45 heavy (non-hydrogen) atoms. The first-order valence-corrected chi connectivity index (χ1v) is 17.1. The van der Waals surface area contributed by atoms with E-state index in [1.807, 2.05) is 81.4 Å². The predicted octanol–water partition coefficient (Wildman–Crippen LogP) is 7.81. The third kappa shape index (κ3) is 7.83. The maximum Gasteiger partial charge on any atom is 0.381 e. The van der Waals surface area contributed by atoms with Crippen LogP contribution in [-0.4, -0.2) is 38.4 Å². The summed E-state index contributed by atoms with van der Waals surface area (Å²) in [5.74, 6) is -0.748. The number of sulfone groups is 1. The first kappa shape index (κ1) is 35.5. The quantitative estimate of drug-likeness (QED) is 0.150. The third-order valence-electron chi connectivity index (χ3n) is 8.83. The Balaban J connectivity index is 1.98. The average Bonchev–Trinajstić information content (AvgIpc) is 3.05. The highest BCUT2D eigenvalue weighted by molar-refractivity contribution is 7.93. The second kappa shape index (κ2) is 15.4. The molecule has 0 heterocycles. The lowest BCUT2D eigenvalue weighted by Gasteiger charge is -2.30. The zero-order chi connectivity index (χ0) is 33.1. The van der Waals surface area contributed by atoms with E-state index in [4.69, 9.17) is 16.0 Å². The SMILES string of the molecule is C#[N+]C(CCCC(C)(C(=O)OCC)c1ccccc1)(CCCC(C)(C(=O)OCC)c1ccccc1)S(=O)(=O)c1ccc(C)cc1. The number of hydrogen-bond acceptors (Lipinski definition) is 6. The highest BCUT2D eigenvalue weighted by Gasteiger charge is 2.55. The Morgan fingerprint density at radius 1 is 0.689 bits per heavy atom. The molecule has 0 spiro atoms. The van der Waals surface area contributed by atoms with Crippen LogP contribution in [0, 0.1) is 13.5 Å². The van der Waals surface area contributed by atoms with Crippen molar-refractivity contribution >= 4 is 21.8 Å². The Bertz CT molecular complexity index is 1490. The van der Waals surface area contributed by atoms with E-state index < -0.39 is 25.5 Å². The van der Waals surface area contributed by atoms with Crippen molar-refractivity contribution in [2.45, 2.75) is 93.7 Å². The summed E-state index contributed by atoms with van der Waals surface area (Å²) in [6, 6.07) is 25.3. The van der Waals surface area contributed by atoms with Gasteiger partial charge in [-0.3, -0.25) is 9.59 Å². The molecular formula is C37H46NO6S+. The van der Waals surface area contributed by atoms with Gasteiger partial charge in [0.15, 0.2) is 0 Å². The molecular weight excluding hydrogens is 586 g/mol. The van der Waals surface area contributed by atoms with Crippen LogP contribution >= 0.6 is 0 Å². The first-order valence-electron chi connectivity index (χ1n) is 15.6. The zero-order valence-electron chi connectivity index (χ0n) is 27.1. The van der Waals surface area contributed by atoms with Crippen LogP contribution in [0.3, 0.4) is 0 Å². The zero-order valence-corrected chi connectivity index (χ0v) is 27.9. The van der Waals surface area contributed by atoms with Gasteiger partial charge in [0.25, 0.3) is 16.4 Å². The van der Waals surface area contributed by atoms with Crippen LogP contribution in [0.15, 0.2) is 89.8 Å². The Morgan fingerprint density at radius 3 is 1.44 bits per heavy atom. The molecule has 2 atom stereocenters. The van der Waals surface area contributed by atoms with Crippen molar-refractivity contribution in [1.29, 1.82) is 0 Å². The fourth-order valence-electron chi connectivity index (χ4n) is 5.89. The minimum Gasteiger partial charge on any atom is -0.465 e. The van der Waals surface area contributed by atoms with Crippen molar-refractivity contribution in [3.8, 4) is 6.57 Å². The summed E-state index contributed by atoms with van der Waals surface area (Å²) in [5.41, 5.74) is 0.494. The molecule has 0 aliphatic heterocycles. The van der Waals surface area contributed by atoms with E-state index in [2.05, 4.69) is 4.85 Å². The number of benzene rings is 3. The lowest BCUT2D eigenvalue weighted by molar-refractivity contribution is -0.150. The molecule has 0 bridgehead atoms. The van der Waals surface area contributed by atoms with E-state index in [0.29, 0.717) is 25.7 Å². The van der Waals surface area contributed by atoms with E-state index in [0.717, 1.165) is 16.7 Å². The first-order chi connectivity index (χ1) is 21.4. The van der Waals surface area contributed by atoms with Gasteiger partial charge in [0, 0.05) is 12.8 Å². The summed E-state index contributed by atoms with van der Waals surface area (Å²) >= 11 is 0. The lowest BCUT2D eigenvalue weighted by atomic mass is 9.76. The fraction of sp³-hybridized carbons (Fsp3) is 0.432. The van der Waals surface area contributed by atoms with Gasteiger partial charge in [0.2, 0.25) is 0 Å². The van der Waals surface area contributed by atoms with Crippen LogP contribution in [-0.2, 0) is 39.7 Å². The minimum atomic E-state index is -4.08. The summed E-state index contributed by atoms with van der Waals surface area (Å²) in [5, 5.41) is 0. The van der Waals surface area contributed by atoms with Gasteiger partial charge < -0.3 is 9.47 Å². The van der Waals surface area contributed by atoms with Crippen LogP contribution < -0.4 is 0 Å². The number of carbonyl (C=O) groups is 2. The summed E-state index contributed by atoms with van der Waals surface area (Å²) in [6.45, 7) is 15.6. The number of ether oxygens (including phenoxy) is 2. The second-order valence-corrected chi connectivity index (χ2v) is 14.2. The van der Waals surface area contributed by atoms with Crippen molar-refractivity contribution in [1.82, 2.24) is 0 Å². The van der Waals surface area contributed by atoms with Crippen molar-refractivity contribution in [3.05, 3.63) is 106 Å². The third-order valence-corrected chi connectivity index (χ3v) is 11.2. The number of esters is 2. The van der Waals surface area contributed by atoms with Crippen LogP contribution in [0.5, 0.6) is 0 Å². The Hall–Kier alpha value is -3.96. The monoisotopic (exact) mass is 632 g/mol. The smallest absolute Gasteiger partial charge is 0.381 e. The van der Waals surface area contributed by atoms with Crippen LogP contribution in [0.1, 0.15) is 82.9 Å². The molecule has 0 aromatic heterocycles. The largest absolute Gasteiger partial charge is 0.465 e. The van der Waals surface area contributed by atoms with Crippen molar-refractivity contribution in [2.75, 3.05) is 13.2 Å². The minimum absolute atomic E-state index is 0.0724. The highest BCUT2D eigenvalue weighted by Crippen LogP contribution is 2.41. The van der Waals surface area contributed by atoms with Gasteiger partial charge in [-0.05, 0) is 83.6 Å². The van der Waals surface area contributed by atoms with Crippen molar-refractivity contribution in [2.24, 2.45) is 0 Å². The van der Waals surface area contributed by atoms with E-state index in [-0.39, 0.29) is 42.9 Å². The van der Waals surface area contributed by atoms with Crippen LogP contribution in [0.2, 0.25) is 0 Å². The Labute approximate surface area is 268 Å². The van der Waals surface area contributed by atoms with Gasteiger partial charge in [0.05, 0.1) is 28.9 Å². The van der Waals surface area contributed by atoms with E-state index in [9.17, 15) is 18.0 Å². The molecule has 0 saturated carbocycles. The standard InChI is InChI=1S/C37H46NO6S/c1-7-43-33(39)35(4,30-17-11-9-12-18-30)25-15-27-37(38-6,45(41,42)32-23-21-29(3)22-24-32)28-16-26-36(5,34(40)44-8-2)31-19-13-10-14-20-31/h6,9-14,17-24H,7-8,15-16,25-28H2,1-5H3/q+1. The molecule has 0 saturated heterocycles. The molecule has 0 radical (unpaired) electrons. The van der Waals surface area contributed by atoms with Crippen molar-refractivity contribution < 1.29 is 27.5 Å². The molecule has 0 aliphatic rings. The second-order valence-electron chi connectivity index (χ2n) is 11.9. The molecule has 0 aliphatic carbocycles. The van der Waals surface area contributed by atoms with Gasteiger partial charge in [0.1, 0.15) is 0 Å². The maximum atomic E-state index is 14.4. The molecule has 2 unspecified atom stereocenters.